The number of halogens is 2. The Morgan fingerprint density at radius 1 is 1.28 bits per heavy atom. The maximum atomic E-state index is 14.3. The Morgan fingerprint density at radius 3 is 2.39 bits per heavy atom. The van der Waals surface area contributed by atoms with Gasteiger partial charge in [-0.3, -0.25) is 0 Å². The van der Waals surface area contributed by atoms with Crippen molar-refractivity contribution in [3.05, 3.63) is 21.9 Å². The second-order valence-electron chi connectivity index (χ2n) is 4.65. The predicted molar refractivity (Wildman–Crippen MR) is 71.5 cm³/mol. The number of hydrogen-bond donors (Lipinski definition) is 1. The molecular weight excluding hydrogens is 301 g/mol. The highest BCUT2D eigenvalue weighted by Gasteiger charge is 2.37. The van der Waals surface area contributed by atoms with Gasteiger partial charge in [0.1, 0.15) is 5.82 Å². The van der Waals surface area contributed by atoms with E-state index in [0.29, 0.717) is 21.5 Å². The van der Waals surface area contributed by atoms with E-state index in [9.17, 15) is 4.39 Å². The molecule has 0 saturated heterocycles. The van der Waals surface area contributed by atoms with Crippen LogP contribution in [-0.4, -0.2) is 14.2 Å². The monoisotopic (exact) mass is 317 g/mol. The molecule has 2 N–H and O–H groups in total. The van der Waals surface area contributed by atoms with Gasteiger partial charge in [-0.15, -0.1) is 0 Å². The standard InChI is InChI=1S/C13H17BrFNO2/c1-17-9-7-8(15)10(11(14)12(9)18-2)13(16)5-3-4-6-13/h7H,3-6,16H2,1-2H3. The number of methoxy groups -OCH3 is 2. The Kier molecular flexibility index (Phi) is 3.82. The Balaban J connectivity index is 2.60. The molecular formula is C13H17BrFNO2. The zero-order valence-corrected chi connectivity index (χ0v) is 12.1. The summed E-state index contributed by atoms with van der Waals surface area (Å²) in [6.07, 6.45) is 3.63. The maximum absolute atomic E-state index is 14.3. The number of hydrogen-bond acceptors (Lipinski definition) is 3. The lowest BCUT2D eigenvalue weighted by molar-refractivity contribution is 0.344. The summed E-state index contributed by atoms with van der Waals surface area (Å²) in [5.74, 6) is 0.516. The smallest absolute Gasteiger partial charge is 0.175 e. The molecule has 0 aliphatic heterocycles. The van der Waals surface area contributed by atoms with E-state index in [-0.39, 0.29) is 5.82 Å². The zero-order chi connectivity index (χ0) is 13.3. The molecule has 1 aromatic rings. The van der Waals surface area contributed by atoms with Gasteiger partial charge in [-0.05, 0) is 28.8 Å². The molecule has 1 aliphatic rings. The lowest BCUT2D eigenvalue weighted by Crippen LogP contribution is -2.34. The molecule has 3 nitrogen and oxygen atoms in total. The van der Waals surface area contributed by atoms with E-state index >= 15 is 0 Å². The second-order valence-corrected chi connectivity index (χ2v) is 5.44. The largest absolute Gasteiger partial charge is 0.493 e. The summed E-state index contributed by atoms with van der Waals surface area (Å²) in [7, 11) is 3.01. The number of nitrogens with two attached hydrogens (primary N) is 1. The van der Waals surface area contributed by atoms with Crippen LogP contribution in [0.25, 0.3) is 0 Å². The van der Waals surface area contributed by atoms with Crippen molar-refractivity contribution in [2.75, 3.05) is 14.2 Å². The molecule has 0 aromatic heterocycles. The van der Waals surface area contributed by atoms with E-state index in [1.165, 1.54) is 20.3 Å². The van der Waals surface area contributed by atoms with E-state index in [4.69, 9.17) is 15.2 Å². The fraction of sp³-hybridized carbons (Fsp3) is 0.538. The third kappa shape index (κ3) is 2.10. The van der Waals surface area contributed by atoms with Gasteiger partial charge in [-0.1, -0.05) is 12.8 Å². The first-order valence-electron chi connectivity index (χ1n) is 5.93. The van der Waals surface area contributed by atoms with Gasteiger partial charge in [-0.25, -0.2) is 4.39 Å². The number of ether oxygens (including phenoxy) is 2. The summed E-state index contributed by atoms with van der Waals surface area (Å²) in [5, 5.41) is 0. The molecule has 1 fully saturated rings. The molecule has 1 aromatic carbocycles. The molecule has 2 rings (SSSR count). The van der Waals surface area contributed by atoms with Crippen LogP contribution in [0.5, 0.6) is 11.5 Å². The van der Waals surface area contributed by atoms with Crippen LogP contribution in [0.3, 0.4) is 0 Å². The first-order chi connectivity index (χ1) is 8.53. The average Bonchev–Trinajstić information content (AvgIpc) is 2.76. The first-order valence-corrected chi connectivity index (χ1v) is 6.72. The van der Waals surface area contributed by atoms with Crippen LogP contribution in [0.1, 0.15) is 31.2 Å². The van der Waals surface area contributed by atoms with Crippen LogP contribution in [0, 0.1) is 5.82 Å². The Labute approximate surface area is 115 Å². The topological polar surface area (TPSA) is 44.5 Å². The highest BCUT2D eigenvalue weighted by atomic mass is 79.9. The van der Waals surface area contributed by atoms with Crippen molar-refractivity contribution in [1.82, 2.24) is 0 Å². The minimum atomic E-state index is -0.609. The predicted octanol–water partition coefficient (Wildman–Crippen LogP) is 3.33. The Bertz CT molecular complexity index is 459. The van der Waals surface area contributed by atoms with Crippen LogP contribution in [0.4, 0.5) is 4.39 Å². The molecule has 0 spiro atoms. The molecule has 0 unspecified atom stereocenters. The molecule has 5 heteroatoms. The highest BCUT2D eigenvalue weighted by Crippen LogP contribution is 2.47. The van der Waals surface area contributed by atoms with Crippen molar-refractivity contribution in [3.8, 4) is 11.5 Å². The van der Waals surface area contributed by atoms with Gasteiger partial charge in [0.05, 0.1) is 18.7 Å². The quantitative estimate of drug-likeness (QED) is 0.930. The second kappa shape index (κ2) is 5.05. The summed E-state index contributed by atoms with van der Waals surface area (Å²) in [6.45, 7) is 0. The van der Waals surface area contributed by atoms with E-state index in [2.05, 4.69) is 15.9 Å². The third-order valence-corrected chi connectivity index (χ3v) is 4.31. The Morgan fingerprint density at radius 2 is 1.89 bits per heavy atom. The van der Waals surface area contributed by atoms with Crippen molar-refractivity contribution in [2.24, 2.45) is 5.73 Å². The Hall–Kier alpha value is -0.810. The summed E-state index contributed by atoms with van der Waals surface area (Å²) < 4.78 is 25.2. The third-order valence-electron chi connectivity index (χ3n) is 3.56. The van der Waals surface area contributed by atoms with Gasteiger partial charge < -0.3 is 15.2 Å². The summed E-state index contributed by atoms with van der Waals surface area (Å²) in [5.41, 5.74) is 6.22. The lowest BCUT2D eigenvalue weighted by Gasteiger charge is -2.27. The molecule has 1 saturated carbocycles. The van der Waals surface area contributed by atoms with Gasteiger partial charge in [0.15, 0.2) is 11.5 Å². The summed E-state index contributed by atoms with van der Waals surface area (Å²) >= 11 is 3.40. The number of rotatable bonds is 3. The van der Waals surface area contributed by atoms with Gasteiger partial charge >= 0.3 is 0 Å². The van der Waals surface area contributed by atoms with E-state index in [1.807, 2.05) is 0 Å². The maximum Gasteiger partial charge on any atom is 0.175 e. The van der Waals surface area contributed by atoms with Gasteiger partial charge in [-0.2, -0.15) is 0 Å². The van der Waals surface area contributed by atoms with E-state index in [0.717, 1.165) is 25.7 Å². The van der Waals surface area contributed by atoms with E-state index in [1.54, 1.807) is 0 Å². The van der Waals surface area contributed by atoms with Crippen LogP contribution in [-0.2, 0) is 5.54 Å². The molecule has 1 aliphatic carbocycles. The van der Waals surface area contributed by atoms with Crippen molar-refractivity contribution >= 4 is 15.9 Å². The summed E-state index contributed by atoms with van der Waals surface area (Å²) in [6, 6.07) is 1.34. The minimum absolute atomic E-state index is 0.344. The molecule has 100 valence electrons. The molecule has 0 heterocycles. The summed E-state index contributed by atoms with van der Waals surface area (Å²) in [4.78, 5) is 0. The van der Waals surface area contributed by atoms with Gasteiger partial charge in [0.2, 0.25) is 0 Å². The zero-order valence-electron chi connectivity index (χ0n) is 10.6. The molecule has 0 amide bonds. The van der Waals surface area contributed by atoms with Crippen LogP contribution in [0.2, 0.25) is 0 Å². The molecule has 0 atom stereocenters. The van der Waals surface area contributed by atoms with Crippen molar-refractivity contribution in [2.45, 2.75) is 31.2 Å². The molecule has 0 radical (unpaired) electrons. The van der Waals surface area contributed by atoms with Crippen LogP contribution in [0.15, 0.2) is 10.5 Å². The minimum Gasteiger partial charge on any atom is -0.493 e. The fourth-order valence-electron chi connectivity index (χ4n) is 2.63. The van der Waals surface area contributed by atoms with Crippen molar-refractivity contribution < 1.29 is 13.9 Å². The fourth-order valence-corrected chi connectivity index (χ4v) is 3.57. The van der Waals surface area contributed by atoms with Crippen LogP contribution >= 0.6 is 15.9 Å². The molecule has 0 bridgehead atoms. The SMILES string of the molecule is COc1cc(F)c(C2(N)CCCC2)c(Br)c1OC. The highest BCUT2D eigenvalue weighted by molar-refractivity contribution is 9.10. The first kappa shape index (κ1) is 13.6. The van der Waals surface area contributed by atoms with E-state index < -0.39 is 5.54 Å². The average molecular weight is 318 g/mol. The van der Waals surface area contributed by atoms with Gasteiger partial charge in [0.25, 0.3) is 0 Å². The van der Waals surface area contributed by atoms with Gasteiger partial charge in [0, 0.05) is 17.2 Å². The lowest BCUT2D eigenvalue weighted by atomic mass is 9.88. The van der Waals surface area contributed by atoms with Crippen molar-refractivity contribution in [3.63, 3.8) is 0 Å². The van der Waals surface area contributed by atoms with Crippen LogP contribution < -0.4 is 15.2 Å². The normalized spacial score (nSPS) is 17.8. The van der Waals surface area contributed by atoms with Crippen molar-refractivity contribution in [1.29, 1.82) is 0 Å². The number of benzene rings is 1. The molecule has 18 heavy (non-hydrogen) atoms.